The molecule has 16 heavy (non-hydrogen) atoms. The van der Waals surface area contributed by atoms with E-state index in [2.05, 4.69) is 6.07 Å². The van der Waals surface area contributed by atoms with E-state index in [1.54, 1.807) is 6.07 Å². The van der Waals surface area contributed by atoms with E-state index in [1.807, 2.05) is 26.0 Å². The van der Waals surface area contributed by atoms with Gasteiger partial charge in [-0.25, -0.2) is 4.39 Å². The van der Waals surface area contributed by atoms with Gasteiger partial charge in [0.1, 0.15) is 5.82 Å². The van der Waals surface area contributed by atoms with Gasteiger partial charge in [0.2, 0.25) is 0 Å². The summed E-state index contributed by atoms with van der Waals surface area (Å²) in [5.41, 5.74) is 10.5. The molecule has 2 aromatic rings. The first-order valence-electron chi connectivity index (χ1n) is 5.20. The maximum absolute atomic E-state index is 13.2. The SMILES string of the molecule is Cc1cc(C)cc(-c2cc(F)ccc2N)c1. The molecule has 2 rings (SSSR count). The highest BCUT2D eigenvalue weighted by Gasteiger charge is 2.05. The molecule has 0 fully saturated rings. The van der Waals surface area contributed by atoms with Crippen LogP contribution in [-0.2, 0) is 0 Å². The van der Waals surface area contributed by atoms with Gasteiger partial charge in [0.15, 0.2) is 0 Å². The van der Waals surface area contributed by atoms with E-state index in [0.717, 1.165) is 22.3 Å². The summed E-state index contributed by atoms with van der Waals surface area (Å²) in [7, 11) is 0. The molecule has 2 heteroatoms. The molecule has 0 aliphatic rings. The van der Waals surface area contributed by atoms with Crippen molar-refractivity contribution in [2.45, 2.75) is 13.8 Å². The smallest absolute Gasteiger partial charge is 0.123 e. The predicted molar refractivity (Wildman–Crippen MR) is 65.7 cm³/mol. The van der Waals surface area contributed by atoms with Gasteiger partial charge in [0.25, 0.3) is 0 Å². The Labute approximate surface area is 94.7 Å². The van der Waals surface area contributed by atoms with E-state index in [1.165, 1.54) is 12.1 Å². The zero-order chi connectivity index (χ0) is 11.7. The summed E-state index contributed by atoms with van der Waals surface area (Å²) in [6.45, 7) is 4.04. The van der Waals surface area contributed by atoms with Crippen LogP contribution in [0.4, 0.5) is 10.1 Å². The van der Waals surface area contributed by atoms with Gasteiger partial charge in [-0.05, 0) is 37.6 Å². The number of halogens is 1. The van der Waals surface area contributed by atoms with Crippen molar-refractivity contribution in [2.75, 3.05) is 5.73 Å². The fraction of sp³-hybridized carbons (Fsp3) is 0.143. The van der Waals surface area contributed by atoms with Crippen molar-refractivity contribution in [1.82, 2.24) is 0 Å². The van der Waals surface area contributed by atoms with Crippen molar-refractivity contribution in [3.8, 4) is 11.1 Å². The average molecular weight is 215 g/mol. The molecule has 0 aliphatic carbocycles. The van der Waals surface area contributed by atoms with Crippen LogP contribution in [0.1, 0.15) is 11.1 Å². The summed E-state index contributed by atoms with van der Waals surface area (Å²) in [5, 5.41) is 0. The Morgan fingerprint density at radius 2 is 1.56 bits per heavy atom. The summed E-state index contributed by atoms with van der Waals surface area (Å²) in [4.78, 5) is 0. The number of aryl methyl sites for hydroxylation is 2. The fourth-order valence-electron chi connectivity index (χ4n) is 1.91. The van der Waals surface area contributed by atoms with Gasteiger partial charge in [0.05, 0.1) is 0 Å². The molecular formula is C14H14FN. The van der Waals surface area contributed by atoms with E-state index in [0.29, 0.717) is 5.69 Å². The Bertz CT molecular complexity index is 512. The van der Waals surface area contributed by atoms with Crippen molar-refractivity contribution in [1.29, 1.82) is 0 Å². The third kappa shape index (κ3) is 2.06. The Hall–Kier alpha value is -1.83. The van der Waals surface area contributed by atoms with Gasteiger partial charge in [-0.3, -0.25) is 0 Å². The second kappa shape index (κ2) is 3.97. The first kappa shape index (κ1) is 10.7. The normalized spacial score (nSPS) is 10.4. The van der Waals surface area contributed by atoms with Gasteiger partial charge in [-0.15, -0.1) is 0 Å². The molecule has 0 saturated heterocycles. The number of benzene rings is 2. The number of anilines is 1. The maximum Gasteiger partial charge on any atom is 0.123 e. The lowest BCUT2D eigenvalue weighted by Crippen LogP contribution is -1.92. The fourth-order valence-corrected chi connectivity index (χ4v) is 1.91. The lowest BCUT2D eigenvalue weighted by Gasteiger charge is -2.08. The van der Waals surface area contributed by atoms with Gasteiger partial charge in [-0.1, -0.05) is 29.3 Å². The second-order valence-corrected chi connectivity index (χ2v) is 4.11. The van der Waals surface area contributed by atoms with Crippen molar-refractivity contribution in [3.63, 3.8) is 0 Å². The second-order valence-electron chi connectivity index (χ2n) is 4.11. The quantitative estimate of drug-likeness (QED) is 0.721. The molecule has 0 atom stereocenters. The molecular weight excluding hydrogens is 201 g/mol. The van der Waals surface area contributed by atoms with E-state index in [9.17, 15) is 4.39 Å². The minimum absolute atomic E-state index is 0.261. The number of nitrogens with two attached hydrogens (primary N) is 1. The van der Waals surface area contributed by atoms with Crippen molar-refractivity contribution < 1.29 is 4.39 Å². The third-order valence-electron chi connectivity index (χ3n) is 2.55. The zero-order valence-electron chi connectivity index (χ0n) is 9.42. The highest BCUT2D eigenvalue weighted by atomic mass is 19.1. The molecule has 1 nitrogen and oxygen atoms in total. The highest BCUT2D eigenvalue weighted by Crippen LogP contribution is 2.28. The third-order valence-corrected chi connectivity index (χ3v) is 2.55. The van der Waals surface area contributed by atoms with Crippen LogP contribution in [0.15, 0.2) is 36.4 Å². The van der Waals surface area contributed by atoms with E-state index < -0.39 is 0 Å². The number of rotatable bonds is 1. The Kier molecular flexibility index (Phi) is 2.65. The number of hydrogen-bond donors (Lipinski definition) is 1. The summed E-state index contributed by atoms with van der Waals surface area (Å²) in [5.74, 6) is -0.261. The maximum atomic E-state index is 13.2. The topological polar surface area (TPSA) is 26.0 Å². The molecule has 0 amide bonds. The van der Waals surface area contributed by atoms with Crippen LogP contribution in [0, 0.1) is 19.7 Å². The van der Waals surface area contributed by atoms with Crippen molar-refractivity contribution in [3.05, 3.63) is 53.3 Å². The Balaban J connectivity index is 2.62. The van der Waals surface area contributed by atoms with Crippen LogP contribution in [0.5, 0.6) is 0 Å². The molecule has 0 radical (unpaired) electrons. The standard InChI is InChI=1S/C14H14FN/c1-9-5-10(2)7-11(6-9)13-8-12(15)3-4-14(13)16/h3-8H,16H2,1-2H3. The lowest BCUT2D eigenvalue weighted by molar-refractivity contribution is 0.628. The van der Waals surface area contributed by atoms with Gasteiger partial charge in [-0.2, -0.15) is 0 Å². The summed E-state index contributed by atoms with van der Waals surface area (Å²) < 4.78 is 13.2. The molecule has 0 aromatic heterocycles. The van der Waals surface area contributed by atoms with Crippen molar-refractivity contribution >= 4 is 5.69 Å². The lowest BCUT2D eigenvalue weighted by atomic mass is 9.99. The molecule has 0 saturated carbocycles. The van der Waals surface area contributed by atoms with Crippen molar-refractivity contribution in [2.24, 2.45) is 0 Å². The Morgan fingerprint density at radius 1 is 0.938 bits per heavy atom. The first-order chi connectivity index (χ1) is 7.56. The number of nitrogen functional groups attached to an aromatic ring is 1. The monoisotopic (exact) mass is 215 g/mol. The molecule has 0 unspecified atom stereocenters. The van der Waals surface area contributed by atoms with Gasteiger partial charge in [0, 0.05) is 11.3 Å². The molecule has 2 aromatic carbocycles. The van der Waals surface area contributed by atoms with E-state index in [-0.39, 0.29) is 5.82 Å². The van der Waals surface area contributed by atoms with Gasteiger partial charge >= 0.3 is 0 Å². The Morgan fingerprint density at radius 3 is 2.19 bits per heavy atom. The minimum atomic E-state index is -0.261. The predicted octanol–water partition coefficient (Wildman–Crippen LogP) is 3.69. The number of hydrogen-bond acceptors (Lipinski definition) is 1. The first-order valence-corrected chi connectivity index (χ1v) is 5.20. The molecule has 2 N–H and O–H groups in total. The van der Waals surface area contributed by atoms with Crippen LogP contribution < -0.4 is 5.73 Å². The van der Waals surface area contributed by atoms with Crippen LogP contribution in [-0.4, -0.2) is 0 Å². The van der Waals surface area contributed by atoms with Crippen LogP contribution >= 0.6 is 0 Å². The summed E-state index contributed by atoms with van der Waals surface area (Å²) in [6.07, 6.45) is 0. The zero-order valence-corrected chi connectivity index (χ0v) is 9.42. The van der Waals surface area contributed by atoms with E-state index in [4.69, 9.17) is 5.73 Å². The highest BCUT2D eigenvalue weighted by molar-refractivity contribution is 5.77. The molecule has 0 spiro atoms. The van der Waals surface area contributed by atoms with Crippen LogP contribution in [0.2, 0.25) is 0 Å². The molecule has 82 valence electrons. The largest absolute Gasteiger partial charge is 0.398 e. The minimum Gasteiger partial charge on any atom is -0.398 e. The van der Waals surface area contributed by atoms with Gasteiger partial charge < -0.3 is 5.73 Å². The summed E-state index contributed by atoms with van der Waals surface area (Å²) >= 11 is 0. The average Bonchev–Trinajstić information content (AvgIpc) is 2.20. The van der Waals surface area contributed by atoms with Crippen LogP contribution in [0.3, 0.4) is 0 Å². The van der Waals surface area contributed by atoms with Crippen LogP contribution in [0.25, 0.3) is 11.1 Å². The summed E-state index contributed by atoms with van der Waals surface area (Å²) in [6, 6.07) is 10.6. The van der Waals surface area contributed by atoms with E-state index >= 15 is 0 Å². The molecule has 0 aliphatic heterocycles. The molecule has 0 bridgehead atoms. The molecule has 0 heterocycles.